The van der Waals surface area contributed by atoms with E-state index in [1.807, 2.05) is 0 Å². The smallest absolute Gasteiger partial charge is 0.496 e. The Morgan fingerprint density at radius 3 is 1.29 bits per heavy atom. The van der Waals surface area contributed by atoms with E-state index in [2.05, 4.69) is 13.2 Å². The van der Waals surface area contributed by atoms with Crippen LogP contribution in [0.25, 0.3) is 0 Å². The minimum Gasteiger partial charge on any atom is -0.496 e. The van der Waals surface area contributed by atoms with E-state index in [4.69, 9.17) is 58.5 Å². The van der Waals surface area contributed by atoms with Crippen LogP contribution in [-0.2, 0) is 46.5 Å². The minimum absolute atomic E-state index is 0.645. The lowest BCUT2D eigenvalue weighted by Gasteiger charge is -2.39. The summed E-state index contributed by atoms with van der Waals surface area (Å²) in [6.07, 6.45) is 0. The quantitative estimate of drug-likeness (QED) is 0.191. The van der Waals surface area contributed by atoms with E-state index >= 15 is 0 Å². The van der Waals surface area contributed by atoms with Crippen molar-refractivity contribution in [2.45, 2.75) is 26.2 Å². The fraction of sp³-hybridized carbons (Fsp3) is 0.571. The molecule has 0 aromatic carbocycles. The molecule has 21 heteroatoms. The van der Waals surface area contributed by atoms with Gasteiger partial charge in [0.05, 0.1) is 0 Å². The zero-order chi connectivity index (χ0) is 27.6. The summed E-state index contributed by atoms with van der Waals surface area (Å²) in [5, 5.41) is 0. The SMILES string of the molecule is C#[Si]O[Si](OC)(O[Si](C)(C)C=C)O[Si](O)(OC)O[Si](O[Si]#C)(O[Si](C)(C)C=C)O[Si](O)(OC)OC. The lowest BCUT2D eigenvalue weighted by Crippen LogP contribution is -2.70. The first-order chi connectivity index (χ1) is 16.0. The van der Waals surface area contributed by atoms with Crippen LogP contribution in [0.3, 0.4) is 0 Å². The molecule has 35 heavy (non-hydrogen) atoms. The van der Waals surface area contributed by atoms with Crippen LogP contribution < -0.4 is 0 Å². The van der Waals surface area contributed by atoms with Crippen LogP contribution >= 0.6 is 0 Å². The van der Waals surface area contributed by atoms with Gasteiger partial charge in [0.25, 0.3) is 0 Å². The molecule has 0 aromatic heterocycles. The third kappa shape index (κ3) is 11.1. The average molecular weight is 635 g/mol. The molecular weight excluding hydrogens is 601 g/mol. The maximum absolute atomic E-state index is 11.4. The van der Waals surface area contributed by atoms with Crippen molar-refractivity contribution in [3.05, 3.63) is 24.6 Å². The minimum atomic E-state index is -4.89. The Kier molecular flexibility index (Phi) is 14.2. The maximum Gasteiger partial charge on any atom is 0.727 e. The van der Waals surface area contributed by atoms with E-state index in [1.165, 1.54) is 12.8 Å². The first-order valence-corrected chi connectivity index (χ1v) is 24.3. The predicted octanol–water partition coefficient (Wildman–Crippen LogP) is -0.308. The summed E-state index contributed by atoms with van der Waals surface area (Å²) in [5.74, 6) is 0. The molecule has 0 aliphatic carbocycles. The van der Waals surface area contributed by atoms with Gasteiger partial charge in [-0.25, -0.2) is 0 Å². The summed E-state index contributed by atoms with van der Waals surface area (Å²) in [4.78, 5) is 22.0. The molecule has 3 atom stereocenters. The molecule has 0 saturated heterocycles. The second-order valence-electron chi connectivity index (χ2n) is 7.43. The van der Waals surface area contributed by atoms with Crippen molar-refractivity contribution >= 4 is 71.2 Å². The lowest BCUT2D eigenvalue weighted by atomic mass is 11.3. The second-order valence-corrected chi connectivity index (χ2v) is 26.6. The van der Waals surface area contributed by atoms with Crippen LogP contribution in [0.2, 0.25) is 26.2 Å². The zero-order valence-electron chi connectivity index (χ0n) is 21.1. The van der Waals surface area contributed by atoms with Crippen molar-refractivity contribution in [2.75, 3.05) is 28.4 Å². The van der Waals surface area contributed by atoms with Gasteiger partial charge in [0.1, 0.15) is 0 Å². The summed E-state index contributed by atoms with van der Waals surface area (Å²) in [5.41, 5.74) is 3.13. The predicted molar refractivity (Wildman–Crippen MR) is 140 cm³/mol. The summed E-state index contributed by atoms with van der Waals surface area (Å²) in [7, 11) is -20.4. The standard InChI is InChI=1S/C14H34O13Si8/c1-13-30(9,10)23-34(20-6,21-28-7)26-33(16,19-5)27-35(22-29-8,24-31(11,12)14-2)25-32(15,17-3)18-4/h7-8,13-16H,1-2H2,3-6,9-12H3. The van der Waals surface area contributed by atoms with Crippen molar-refractivity contribution in [1.29, 1.82) is 0 Å². The third-order valence-corrected chi connectivity index (χ3v) is 23.2. The van der Waals surface area contributed by atoms with Crippen molar-refractivity contribution in [3.63, 3.8) is 0 Å². The Morgan fingerprint density at radius 2 is 0.943 bits per heavy atom. The Morgan fingerprint density at radius 1 is 0.600 bits per heavy atom. The van der Waals surface area contributed by atoms with Crippen LogP contribution in [-0.4, -0.2) is 109 Å². The fourth-order valence-electron chi connectivity index (χ4n) is 1.93. The van der Waals surface area contributed by atoms with Gasteiger partial charge in [-0.3, -0.25) is 0 Å². The monoisotopic (exact) mass is 634 g/mol. The molecule has 0 aliphatic rings. The van der Waals surface area contributed by atoms with E-state index in [9.17, 15) is 9.59 Å². The highest BCUT2D eigenvalue weighted by atomic mass is 28.6. The molecule has 3 unspecified atom stereocenters. The number of hydrogen-bond acceptors (Lipinski definition) is 13. The summed E-state index contributed by atoms with van der Waals surface area (Å²) < 4.78 is 61.0. The van der Waals surface area contributed by atoms with E-state index in [0.29, 0.717) is 0 Å². The Labute approximate surface area is 218 Å². The molecule has 0 spiro atoms. The van der Waals surface area contributed by atoms with Gasteiger partial charge in [0.2, 0.25) is 35.0 Å². The van der Waals surface area contributed by atoms with E-state index < -0.39 is 71.2 Å². The largest absolute Gasteiger partial charge is 0.727 e. The van der Waals surface area contributed by atoms with Crippen LogP contribution in [0.5, 0.6) is 0 Å². The van der Waals surface area contributed by atoms with Gasteiger partial charge in [-0.05, 0) is 26.2 Å². The molecule has 0 rings (SSSR count). The normalized spacial score (nSPS) is 17.6. The molecular formula is C14H34O13Si8. The highest BCUT2D eigenvalue weighted by molar-refractivity contribution is 6.88. The number of hydrogen-bond donors (Lipinski definition) is 2. The van der Waals surface area contributed by atoms with E-state index in [0.717, 1.165) is 21.3 Å². The Hall–Kier alpha value is -0.0649. The van der Waals surface area contributed by atoms with Crippen molar-refractivity contribution in [2.24, 2.45) is 0 Å². The second kappa shape index (κ2) is 14.2. The van der Waals surface area contributed by atoms with Gasteiger partial charge in [-0.1, -0.05) is 11.4 Å². The van der Waals surface area contributed by atoms with E-state index in [1.54, 1.807) is 31.9 Å². The van der Waals surface area contributed by atoms with Gasteiger partial charge in [-0.15, -0.1) is 25.2 Å². The molecule has 0 radical (unpaired) electrons. The van der Waals surface area contributed by atoms with Gasteiger partial charge in [0, 0.05) is 28.4 Å². The molecule has 13 nitrogen and oxygen atoms in total. The topological polar surface area (TPSA) is 142 Å². The van der Waals surface area contributed by atoms with E-state index in [-0.39, 0.29) is 0 Å². The molecule has 0 fully saturated rings. The van der Waals surface area contributed by atoms with Crippen molar-refractivity contribution in [1.82, 2.24) is 0 Å². The van der Waals surface area contributed by atoms with Crippen molar-refractivity contribution in [3.8, 4) is 12.0 Å². The summed E-state index contributed by atoms with van der Waals surface area (Å²) in [6.45, 7) is 14.5. The Balaban J connectivity index is 6.70. The van der Waals surface area contributed by atoms with Gasteiger partial charge in [0.15, 0.2) is 0 Å². The fourth-order valence-corrected chi connectivity index (χ4v) is 20.6. The van der Waals surface area contributed by atoms with Crippen molar-refractivity contribution < 1.29 is 56.1 Å². The first-order valence-electron chi connectivity index (χ1n) is 9.73. The van der Waals surface area contributed by atoms with Gasteiger partial charge in [-0.2, -0.15) is 0 Å². The molecule has 0 saturated carbocycles. The van der Waals surface area contributed by atoms with Crippen LogP contribution in [0.15, 0.2) is 24.6 Å². The van der Waals surface area contributed by atoms with Crippen LogP contribution in [0, 0.1) is 12.0 Å². The molecule has 0 aliphatic heterocycles. The highest BCUT2D eigenvalue weighted by Crippen LogP contribution is 2.29. The average Bonchev–Trinajstić information content (AvgIpc) is 2.78. The first kappa shape index (κ1) is 34.9. The van der Waals surface area contributed by atoms with Crippen LogP contribution in [0.1, 0.15) is 0 Å². The zero-order valence-corrected chi connectivity index (χ0v) is 29.1. The molecule has 0 aromatic rings. The molecule has 0 amide bonds. The Bertz CT molecular complexity index is 800. The molecule has 0 bridgehead atoms. The summed E-state index contributed by atoms with van der Waals surface area (Å²) >= 11 is 0. The highest BCUT2D eigenvalue weighted by Gasteiger charge is 2.69. The summed E-state index contributed by atoms with van der Waals surface area (Å²) in [6, 6.07) is 11.2. The molecule has 2 N–H and O–H groups in total. The van der Waals surface area contributed by atoms with Gasteiger partial charge >= 0.3 is 36.2 Å². The third-order valence-electron chi connectivity index (χ3n) is 3.91. The molecule has 0 heterocycles. The lowest BCUT2D eigenvalue weighted by molar-refractivity contribution is -0.0170. The molecule has 200 valence electrons. The maximum atomic E-state index is 11.4. The number of rotatable bonds is 18. The van der Waals surface area contributed by atoms with Crippen LogP contribution in [0.4, 0.5) is 0 Å². The van der Waals surface area contributed by atoms with Gasteiger partial charge < -0.3 is 56.1 Å².